The number of aryl methyl sites for hydroxylation is 1. The Hall–Kier alpha value is -2.54. The van der Waals surface area contributed by atoms with Gasteiger partial charge in [0.2, 0.25) is 11.8 Å². The molecule has 0 spiro atoms. The van der Waals surface area contributed by atoms with E-state index in [1.807, 2.05) is 19.1 Å². The van der Waals surface area contributed by atoms with E-state index in [0.717, 1.165) is 28.7 Å². The zero-order valence-corrected chi connectivity index (χ0v) is 15.5. The third-order valence-corrected chi connectivity index (χ3v) is 4.16. The van der Waals surface area contributed by atoms with Crippen LogP contribution in [0, 0.1) is 6.92 Å². The Morgan fingerprint density at radius 2 is 1.74 bits per heavy atom. The van der Waals surface area contributed by atoms with Crippen LogP contribution in [-0.4, -0.2) is 18.4 Å². The summed E-state index contributed by atoms with van der Waals surface area (Å²) >= 11 is 5.98. The van der Waals surface area contributed by atoms with Gasteiger partial charge in [0.1, 0.15) is 0 Å². The molecule has 4 nitrogen and oxygen atoms in total. The molecule has 144 valence electrons. The summed E-state index contributed by atoms with van der Waals surface area (Å²) in [5.74, 6) is -0.882. The number of nitrogens with one attached hydrogen (secondary N) is 1. The number of anilines is 2. The second-order valence-electron chi connectivity index (χ2n) is 6.00. The lowest BCUT2D eigenvalue weighted by atomic mass is 10.1. The van der Waals surface area contributed by atoms with Crippen LogP contribution in [0.1, 0.15) is 24.5 Å². The van der Waals surface area contributed by atoms with Gasteiger partial charge in [0.25, 0.3) is 0 Å². The van der Waals surface area contributed by atoms with Crippen LogP contribution < -0.4 is 10.2 Å². The first-order chi connectivity index (χ1) is 12.6. The number of hydrogen-bond acceptors (Lipinski definition) is 2. The van der Waals surface area contributed by atoms with Gasteiger partial charge in [-0.15, -0.1) is 0 Å². The molecule has 0 heterocycles. The van der Waals surface area contributed by atoms with Crippen LogP contribution in [-0.2, 0) is 15.8 Å². The van der Waals surface area contributed by atoms with Crippen LogP contribution in [0.25, 0.3) is 0 Å². The molecule has 2 aromatic rings. The minimum absolute atomic E-state index is 0.00265. The SMILES string of the molecule is CC(=O)N(CCC(=O)Nc1ccc(C)cc1)c1cc(C(F)(F)F)ccc1Cl. The molecule has 0 fully saturated rings. The van der Waals surface area contributed by atoms with Gasteiger partial charge in [-0.2, -0.15) is 13.2 Å². The van der Waals surface area contributed by atoms with Crippen molar-refractivity contribution in [1.82, 2.24) is 0 Å². The first-order valence-corrected chi connectivity index (χ1v) is 8.47. The van der Waals surface area contributed by atoms with Crippen LogP contribution in [0.2, 0.25) is 5.02 Å². The summed E-state index contributed by atoms with van der Waals surface area (Å²) in [6.07, 6.45) is -4.66. The Labute approximate surface area is 159 Å². The van der Waals surface area contributed by atoms with Crippen molar-refractivity contribution in [1.29, 1.82) is 0 Å². The number of amides is 2. The number of alkyl halides is 3. The molecular formula is C19H18ClF3N2O2. The number of nitrogens with zero attached hydrogens (tertiary/aromatic N) is 1. The quantitative estimate of drug-likeness (QED) is 0.766. The zero-order chi connectivity index (χ0) is 20.2. The second-order valence-corrected chi connectivity index (χ2v) is 6.41. The maximum atomic E-state index is 12.9. The fourth-order valence-corrected chi connectivity index (χ4v) is 2.64. The van der Waals surface area contributed by atoms with Crippen molar-refractivity contribution in [2.75, 3.05) is 16.8 Å². The molecule has 0 radical (unpaired) electrons. The van der Waals surface area contributed by atoms with E-state index in [1.165, 1.54) is 6.92 Å². The molecule has 0 saturated heterocycles. The molecule has 0 aliphatic carbocycles. The number of halogens is 4. The van der Waals surface area contributed by atoms with E-state index in [0.29, 0.717) is 5.69 Å². The van der Waals surface area contributed by atoms with Crippen molar-refractivity contribution >= 4 is 34.8 Å². The van der Waals surface area contributed by atoms with Crippen molar-refractivity contribution in [3.05, 3.63) is 58.6 Å². The monoisotopic (exact) mass is 398 g/mol. The van der Waals surface area contributed by atoms with Crippen molar-refractivity contribution < 1.29 is 22.8 Å². The van der Waals surface area contributed by atoms with Crippen LogP contribution in [0.5, 0.6) is 0 Å². The first-order valence-electron chi connectivity index (χ1n) is 8.09. The predicted molar refractivity (Wildman–Crippen MR) is 98.9 cm³/mol. The lowest BCUT2D eigenvalue weighted by Gasteiger charge is -2.23. The van der Waals surface area contributed by atoms with Crippen molar-refractivity contribution in [3.63, 3.8) is 0 Å². The van der Waals surface area contributed by atoms with Crippen molar-refractivity contribution in [2.24, 2.45) is 0 Å². The molecule has 1 N–H and O–H groups in total. The van der Waals surface area contributed by atoms with Gasteiger partial charge in [-0.1, -0.05) is 29.3 Å². The Kier molecular flexibility index (Phi) is 6.49. The van der Waals surface area contributed by atoms with Gasteiger partial charge in [0.05, 0.1) is 16.3 Å². The molecule has 8 heteroatoms. The summed E-state index contributed by atoms with van der Waals surface area (Å²) in [5.41, 5.74) is 0.631. The predicted octanol–water partition coefficient (Wildman–Crippen LogP) is 5.05. The largest absolute Gasteiger partial charge is 0.416 e. The van der Waals surface area contributed by atoms with Gasteiger partial charge in [-0.05, 0) is 37.3 Å². The zero-order valence-electron chi connectivity index (χ0n) is 14.7. The third kappa shape index (κ3) is 5.72. The van der Waals surface area contributed by atoms with E-state index in [4.69, 9.17) is 11.6 Å². The topological polar surface area (TPSA) is 49.4 Å². The second kappa shape index (κ2) is 8.43. The van der Waals surface area contributed by atoms with Crippen molar-refractivity contribution in [2.45, 2.75) is 26.4 Å². The lowest BCUT2D eigenvalue weighted by Crippen LogP contribution is -2.32. The van der Waals surface area contributed by atoms with E-state index in [2.05, 4.69) is 5.32 Å². The number of hydrogen-bond donors (Lipinski definition) is 1. The van der Waals surface area contributed by atoms with Gasteiger partial charge in [0.15, 0.2) is 0 Å². The molecular weight excluding hydrogens is 381 g/mol. The third-order valence-electron chi connectivity index (χ3n) is 3.84. The highest BCUT2D eigenvalue weighted by Gasteiger charge is 2.32. The van der Waals surface area contributed by atoms with Crippen LogP contribution in [0.15, 0.2) is 42.5 Å². The summed E-state index contributed by atoms with van der Waals surface area (Å²) in [6.45, 7) is 3.01. The summed E-state index contributed by atoms with van der Waals surface area (Å²) in [7, 11) is 0. The summed E-state index contributed by atoms with van der Waals surface area (Å²) < 4.78 is 38.8. The average molecular weight is 399 g/mol. The fourth-order valence-electron chi connectivity index (χ4n) is 2.42. The van der Waals surface area contributed by atoms with E-state index in [1.54, 1.807) is 12.1 Å². The van der Waals surface area contributed by atoms with Gasteiger partial charge >= 0.3 is 6.18 Å². The van der Waals surface area contributed by atoms with Gasteiger partial charge in [-0.25, -0.2) is 0 Å². The van der Waals surface area contributed by atoms with Crippen LogP contribution in [0.4, 0.5) is 24.5 Å². The molecule has 0 aliphatic heterocycles. The Bertz CT molecular complexity index is 836. The van der Waals surface area contributed by atoms with Crippen LogP contribution in [0.3, 0.4) is 0 Å². The Morgan fingerprint density at radius 1 is 1.11 bits per heavy atom. The smallest absolute Gasteiger partial charge is 0.326 e. The van der Waals surface area contributed by atoms with E-state index >= 15 is 0 Å². The summed E-state index contributed by atoms with van der Waals surface area (Å²) in [5, 5.41) is 2.67. The summed E-state index contributed by atoms with van der Waals surface area (Å²) in [6, 6.07) is 9.87. The molecule has 0 unspecified atom stereocenters. The Balaban J connectivity index is 2.13. The molecule has 0 bridgehead atoms. The molecule has 2 amide bonds. The molecule has 2 aromatic carbocycles. The summed E-state index contributed by atoms with van der Waals surface area (Å²) in [4.78, 5) is 25.1. The van der Waals surface area contributed by atoms with Crippen LogP contribution >= 0.6 is 11.6 Å². The van der Waals surface area contributed by atoms with E-state index in [9.17, 15) is 22.8 Å². The van der Waals surface area contributed by atoms with E-state index in [-0.39, 0.29) is 29.6 Å². The van der Waals surface area contributed by atoms with E-state index < -0.39 is 17.6 Å². The highest BCUT2D eigenvalue weighted by Crippen LogP contribution is 2.35. The maximum absolute atomic E-state index is 12.9. The number of benzene rings is 2. The minimum atomic E-state index is -4.56. The normalized spacial score (nSPS) is 11.2. The lowest BCUT2D eigenvalue weighted by molar-refractivity contribution is -0.137. The molecule has 0 aromatic heterocycles. The highest BCUT2D eigenvalue weighted by atomic mass is 35.5. The highest BCUT2D eigenvalue weighted by molar-refractivity contribution is 6.33. The number of carbonyl (C=O) groups excluding carboxylic acids is 2. The standard InChI is InChI=1S/C19H18ClF3N2O2/c1-12-3-6-15(7-4-12)24-18(27)9-10-25(13(2)26)17-11-14(19(21,22)23)5-8-16(17)20/h3-8,11H,9-10H2,1-2H3,(H,24,27). The number of rotatable bonds is 5. The van der Waals surface area contributed by atoms with Crippen molar-refractivity contribution in [3.8, 4) is 0 Å². The molecule has 0 aliphatic rings. The molecule has 27 heavy (non-hydrogen) atoms. The van der Waals surface area contributed by atoms with Gasteiger partial charge < -0.3 is 10.2 Å². The molecule has 2 rings (SSSR count). The maximum Gasteiger partial charge on any atom is 0.416 e. The Morgan fingerprint density at radius 3 is 2.30 bits per heavy atom. The minimum Gasteiger partial charge on any atom is -0.326 e. The first kappa shape index (κ1) is 20.8. The molecule has 0 saturated carbocycles. The number of carbonyl (C=O) groups is 2. The average Bonchev–Trinajstić information content (AvgIpc) is 2.57. The fraction of sp³-hybridized carbons (Fsp3) is 0.263. The van der Waals surface area contributed by atoms with Gasteiger partial charge in [-0.3, -0.25) is 9.59 Å². The van der Waals surface area contributed by atoms with Gasteiger partial charge in [0, 0.05) is 25.6 Å². The molecule has 0 atom stereocenters.